The van der Waals surface area contributed by atoms with Gasteiger partial charge in [-0.25, -0.2) is 9.97 Å². The first-order valence-electron chi connectivity index (χ1n) is 9.24. The summed E-state index contributed by atoms with van der Waals surface area (Å²) in [6, 6.07) is 13.6. The number of hydrogen-bond donors (Lipinski definition) is 1. The number of carbonyl (C=O) groups excluding carboxylic acids is 1. The Morgan fingerprint density at radius 3 is 2.79 bits per heavy atom. The van der Waals surface area contributed by atoms with Crippen LogP contribution in [-0.4, -0.2) is 33.7 Å². The number of nitrogens with zero attached hydrogens (tertiary/aromatic N) is 3. The molecular formula is C22H20N4O2S. The maximum atomic E-state index is 12.9. The largest absolute Gasteiger partial charge is 0.461 e. The van der Waals surface area contributed by atoms with Gasteiger partial charge in [-0.1, -0.05) is 24.3 Å². The van der Waals surface area contributed by atoms with Crippen LogP contribution in [0.4, 0.5) is 0 Å². The maximum Gasteiger partial charge on any atom is 0.255 e. The van der Waals surface area contributed by atoms with E-state index >= 15 is 0 Å². The molecule has 1 aromatic carbocycles. The van der Waals surface area contributed by atoms with Gasteiger partial charge in [0.15, 0.2) is 11.6 Å². The first-order valence-corrected chi connectivity index (χ1v) is 10.5. The fraction of sp³-hybridized carbons (Fsp3) is 0.182. The normalized spacial score (nSPS) is 11.0. The van der Waals surface area contributed by atoms with Crippen molar-refractivity contribution in [3.63, 3.8) is 0 Å². The van der Waals surface area contributed by atoms with Gasteiger partial charge < -0.3 is 9.73 Å². The molecule has 0 spiro atoms. The molecule has 1 N–H and O–H groups in total. The van der Waals surface area contributed by atoms with E-state index in [2.05, 4.69) is 20.3 Å². The molecule has 0 atom stereocenters. The fourth-order valence-corrected chi connectivity index (χ4v) is 3.86. The molecule has 0 aliphatic heterocycles. The smallest absolute Gasteiger partial charge is 0.255 e. The molecule has 146 valence electrons. The number of hydrogen-bond acceptors (Lipinski definition) is 6. The predicted octanol–water partition coefficient (Wildman–Crippen LogP) is 4.29. The van der Waals surface area contributed by atoms with E-state index in [1.807, 2.05) is 43.5 Å². The highest BCUT2D eigenvalue weighted by atomic mass is 32.2. The number of benzene rings is 1. The van der Waals surface area contributed by atoms with Crippen LogP contribution in [0.1, 0.15) is 21.6 Å². The van der Waals surface area contributed by atoms with Crippen LogP contribution in [-0.2, 0) is 6.42 Å². The lowest BCUT2D eigenvalue weighted by Crippen LogP contribution is -2.27. The molecule has 0 bridgehead atoms. The number of aryl methyl sites for hydroxylation is 1. The van der Waals surface area contributed by atoms with E-state index < -0.39 is 0 Å². The molecule has 0 fully saturated rings. The summed E-state index contributed by atoms with van der Waals surface area (Å²) in [6.45, 7) is 2.32. The average molecular weight is 404 g/mol. The van der Waals surface area contributed by atoms with Gasteiger partial charge in [0, 0.05) is 18.1 Å². The number of rotatable bonds is 6. The Morgan fingerprint density at radius 2 is 2.00 bits per heavy atom. The Kier molecular flexibility index (Phi) is 5.57. The van der Waals surface area contributed by atoms with Gasteiger partial charge in [0.2, 0.25) is 0 Å². The van der Waals surface area contributed by atoms with Crippen LogP contribution in [0.5, 0.6) is 0 Å². The van der Waals surface area contributed by atoms with Crippen LogP contribution in [0.2, 0.25) is 0 Å². The van der Waals surface area contributed by atoms with Crippen LogP contribution >= 0.6 is 11.8 Å². The second-order valence-electron chi connectivity index (χ2n) is 6.49. The van der Waals surface area contributed by atoms with Gasteiger partial charge in [0.05, 0.1) is 23.0 Å². The average Bonchev–Trinajstić information content (AvgIpc) is 3.28. The monoisotopic (exact) mass is 404 g/mol. The van der Waals surface area contributed by atoms with Crippen molar-refractivity contribution < 1.29 is 9.21 Å². The van der Waals surface area contributed by atoms with Gasteiger partial charge in [-0.05, 0) is 43.4 Å². The van der Waals surface area contributed by atoms with Crippen molar-refractivity contribution in [1.82, 2.24) is 20.3 Å². The zero-order valence-corrected chi connectivity index (χ0v) is 17.0. The Balaban J connectivity index is 1.51. The van der Waals surface area contributed by atoms with E-state index in [-0.39, 0.29) is 5.91 Å². The number of thioether (sulfide) groups is 1. The van der Waals surface area contributed by atoms with Crippen molar-refractivity contribution in [1.29, 1.82) is 0 Å². The molecule has 0 saturated carbocycles. The summed E-state index contributed by atoms with van der Waals surface area (Å²) in [5, 5.41) is 4.73. The molecule has 0 radical (unpaired) electrons. The first-order chi connectivity index (χ1) is 14.2. The third-order valence-corrected chi connectivity index (χ3v) is 5.30. The lowest BCUT2D eigenvalue weighted by molar-refractivity contribution is 0.0949. The molecule has 0 aliphatic rings. The third-order valence-electron chi connectivity index (χ3n) is 4.61. The van der Waals surface area contributed by atoms with Gasteiger partial charge in [0.25, 0.3) is 5.91 Å². The number of aromatic nitrogens is 3. The van der Waals surface area contributed by atoms with Crippen molar-refractivity contribution in [2.75, 3.05) is 12.8 Å². The van der Waals surface area contributed by atoms with E-state index in [9.17, 15) is 4.79 Å². The van der Waals surface area contributed by atoms with Gasteiger partial charge in [-0.15, -0.1) is 11.8 Å². The summed E-state index contributed by atoms with van der Waals surface area (Å²) in [5.41, 5.74) is 3.20. The summed E-state index contributed by atoms with van der Waals surface area (Å²) in [4.78, 5) is 26.3. The molecule has 0 saturated heterocycles. The molecule has 4 rings (SSSR count). The Labute approximate surface area is 172 Å². The third kappa shape index (κ3) is 4.00. The number of carbonyl (C=O) groups is 1. The highest BCUT2D eigenvalue weighted by molar-refractivity contribution is 7.98. The van der Waals surface area contributed by atoms with Gasteiger partial charge in [0.1, 0.15) is 5.03 Å². The minimum Gasteiger partial charge on any atom is -0.461 e. The summed E-state index contributed by atoms with van der Waals surface area (Å²) >= 11 is 1.42. The van der Waals surface area contributed by atoms with E-state index in [1.165, 1.54) is 11.8 Å². The predicted molar refractivity (Wildman–Crippen MR) is 114 cm³/mol. The van der Waals surface area contributed by atoms with Crippen LogP contribution < -0.4 is 5.32 Å². The second kappa shape index (κ2) is 8.45. The summed E-state index contributed by atoms with van der Waals surface area (Å²) in [5.74, 6) is 0.889. The zero-order valence-electron chi connectivity index (χ0n) is 16.2. The molecule has 3 aromatic heterocycles. The Bertz CT molecular complexity index is 1150. The Hall–Kier alpha value is -3.19. The minimum absolute atomic E-state index is 0.175. The van der Waals surface area contributed by atoms with Crippen molar-refractivity contribution in [3.05, 3.63) is 71.7 Å². The minimum atomic E-state index is -0.175. The second-order valence-corrected chi connectivity index (χ2v) is 7.29. The molecule has 29 heavy (non-hydrogen) atoms. The fourth-order valence-electron chi connectivity index (χ4n) is 3.24. The Morgan fingerprint density at radius 1 is 1.14 bits per heavy atom. The summed E-state index contributed by atoms with van der Waals surface area (Å²) in [6.07, 6.45) is 5.96. The number of amides is 1. The molecule has 0 aliphatic carbocycles. The molecule has 4 aromatic rings. The van der Waals surface area contributed by atoms with Crippen molar-refractivity contribution in [2.45, 2.75) is 18.4 Å². The van der Waals surface area contributed by atoms with Crippen LogP contribution in [0.25, 0.3) is 22.5 Å². The van der Waals surface area contributed by atoms with Crippen molar-refractivity contribution in [3.8, 4) is 11.6 Å². The van der Waals surface area contributed by atoms with Crippen molar-refractivity contribution >= 4 is 28.6 Å². The number of pyridine rings is 1. The van der Waals surface area contributed by atoms with Gasteiger partial charge in [-0.3, -0.25) is 9.78 Å². The van der Waals surface area contributed by atoms with E-state index in [0.717, 1.165) is 16.5 Å². The first kappa shape index (κ1) is 19.1. The van der Waals surface area contributed by atoms with Crippen LogP contribution in [0.3, 0.4) is 0 Å². The van der Waals surface area contributed by atoms with Crippen molar-refractivity contribution in [2.24, 2.45) is 0 Å². The van der Waals surface area contributed by atoms with Gasteiger partial charge >= 0.3 is 0 Å². The topological polar surface area (TPSA) is 80.9 Å². The lowest BCUT2D eigenvalue weighted by atomic mass is 10.1. The molecule has 3 heterocycles. The summed E-state index contributed by atoms with van der Waals surface area (Å²) < 4.78 is 5.38. The number of fused-ring (bicyclic) bond motifs is 1. The molecule has 7 heteroatoms. The van der Waals surface area contributed by atoms with Gasteiger partial charge in [-0.2, -0.15) is 0 Å². The zero-order chi connectivity index (χ0) is 20.2. The molecule has 0 unspecified atom stereocenters. The van der Waals surface area contributed by atoms with E-state index in [0.29, 0.717) is 40.8 Å². The maximum absolute atomic E-state index is 12.9. The number of para-hydroxylation sites is 1. The van der Waals surface area contributed by atoms with E-state index in [1.54, 1.807) is 24.6 Å². The van der Waals surface area contributed by atoms with E-state index in [4.69, 9.17) is 4.42 Å². The molecular weight excluding hydrogens is 384 g/mol. The standard InChI is InChI=1S/C22H20N4O2S/c1-14-18(22(29-2)26-20(25-14)17-9-5-13-28-17)21(27)24-12-10-16-7-3-6-15-8-4-11-23-19(15)16/h3-9,11,13H,10,12H2,1-2H3,(H,24,27). The molecule has 6 nitrogen and oxygen atoms in total. The quantitative estimate of drug-likeness (QED) is 0.381. The van der Waals surface area contributed by atoms with Crippen LogP contribution in [0, 0.1) is 6.92 Å². The lowest BCUT2D eigenvalue weighted by Gasteiger charge is -2.12. The van der Waals surface area contributed by atoms with Crippen LogP contribution in [0.15, 0.2) is 64.4 Å². The number of furan rings is 1. The summed E-state index contributed by atoms with van der Waals surface area (Å²) in [7, 11) is 0. The highest BCUT2D eigenvalue weighted by Gasteiger charge is 2.19. The highest BCUT2D eigenvalue weighted by Crippen LogP contribution is 2.25. The number of nitrogens with one attached hydrogen (secondary N) is 1. The molecule has 1 amide bonds. The SMILES string of the molecule is CSc1nc(-c2ccco2)nc(C)c1C(=O)NCCc1cccc2cccnc12.